The second kappa shape index (κ2) is 8.21. The lowest BCUT2D eigenvalue weighted by Crippen LogP contribution is -2.28. The van der Waals surface area contributed by atoms with Crippen LogP contribution in [0.4, 0.5) is 4.39 Å². The number of hydrogen-bond donors (Lipinski definition) is 3. The maximum atomic E-state index is 12.8. The molecular weight excluding hydrogens is 311 g/mol. The Morgan fingerprint density at radius 1 is 1.04 bits per heavy atom. The number of carbonyl (C=O) groups is 2. The van der Waals surface area contributed by atoms with Crippen molar-refractivity contribution in [2.75, 3.05) is 6.54 Å². The quantitative estimate of drug-likeness (QED) is 0.757. The summed E-state index contributed by atoms with van der Waals surface area (Å²) in [5.74, 6) is -0.817. The van der Waals surface area contributed by atoms with E-state index in [1.165, 1.54) is 31.2 Å². The van der Waals surface area contributed by atoms with Crippen LogP contribution in [-0.2, 0) is 11.3 Å². The molecule has 126 valence electrons. The molecular formula is C18H19FN2O3. The molecule has 0 fully saturated rings. The van der Waals surface area contributed by atoms with E-state index in [-0.39, 0.29) is 24.2 Å². The Kier molecular flexibility index (Phi) is 6.03. The van der Waals surface area contributed by atoms with E-state index in [2.05, 4.69) is 10.6 Å². The molecule has 0 saturated carbocycles. The van der Waals surface area contributed by atoms with Crippen molar-refractivity contribution in [3.8, 4) is 0 Å². The summed E-state index contributed by atoms with van der Waals surface area (Å²) in [5.41, 5.74) is 1.86. The third-order valence-corrected chi connectivity index (χ3v) is 3.47. The van der Waals surface area contributed by atoms with E-state index in [9.17, 15) is 19.1 Å². The van der Waals surface area contributed by atoms with Gasteiger partial charge in [0, 0.05) is 25.6 Å². The molecule has 0 heterocycles. The molecule has 1 unspecified atom stereocenters. The van der Waals surface area contributed by atoms with Crippen molar-refractivity contribution in [1.29, 1.82) is 0 Å². The Bertz CT molecular complexity index is 699. The van der Waals surface area contributed by atoms with Crippen LogP contribution in [0.15, 0.2) is 48.5 Å². The summed E-state index contributed by atoms with van der Waals surface area (Å²) in [4.78, 5) is 22.9. The predicted molar refractivity (Wildman–Crippen MR) is 87.7 cm³/mol. The van der Waals surface area contributed by atoms with Crippen LogP contribution in [0.1, 0.15) is 34.5 Å². The van der Waals surface area contributed by atoms with Gasteiger partial charge in [-0.15, -0.1) is 0 Å². The summed E-state index contributed by atoms with van der Waals surface area (Å²) in [6, 6.07) is 12.3. The molecule has 1 atom stereocenters. The number of hydrogen-bond acceptors (Lipinski definition) is 3. The van der Waals surface area contributed by atoms with Crippen LogP contribution < -0.4 is 10.6 Å². The first-order valence-corrected chi connectivity index (χ1v) is 7.51. The van der Waals surface area contributed by atoms with Gasteiger partial charge in [0.2, 0.25) is 5.91 Å². The number of amides is 2. The molecule has 3 N–H and O–H groups in total. The van der Waals surface area contributed by atoms with Crippen molar-refractivity contribution in [2.45, 2.75) is 19.6 Å². The molecule has 0 spiro atoms. The van der Waals surface area contributed by atoms with Gasteiger partial charge in [0.1, 0.15) is 5.82 Å². The van der Waals surface area contributed by atoms with E-state index in [1.54, 1.807) is 24.3 Å². The topological polar surface area (TPSA) is 78.4 Å². The monoisotopic (exact) mass is 330 g/mol. The van der Waals surface area contributed by atoms with Gasteiger partial charge in [-0.2, -0.15) is 0 Å². The van der Waals surface area contributed by atoms with Gasteiger partial charge in [0.05, 0.1) is 6.10 Å². The van der Waals surface area contributed by atoms with Gasteiger partial charge in [0.15, 0.2) is 0 Å². The zero-order chi connectivity index (χ0) is 17.5. The third kappa shape index (κ3) is 5.17. The normalized spacial score (nSPS) is 11.6. The van der Waals surface area contributed by atoms with Crippen LogP contribution in [0.25, 0.3) is 0 Å². The molecule has 5 nitrogen and oxygen atoms in total. The lowest BCUT2D eigenvalue weighted by Gasteiger charge is -2.12. The maximum Gasteiger partial charge on any atom is 0.251 e. The highest BCUT2D eigenvalue weighted by atomic mass is 19.1. The summed E-state index contributed by atoms with van der Waals surface area (Å²) in [5, 5.41) is 15.3. The molecule has 2 aromatic carbocycles. The number of benzene rings is 2. The largest absolute Gasteiger partial charge is 0.387 e. The number of aliphatic hydroxyl groups excluding tert-OH is 1. The van der Waals surface area contributed by atoms with Gasteiger partial charge < -0.3 is 15.7 Å². The first kappa shape index (κ1) is 17.6. The van der Waals surface area contributed by atoms with Gasteiger partial charge in [-0.05, 0) is 35.4 Å². The number of nitrogens with one attached hydrogen (secondary N) is 2. The standard InChI is InChI=1S/C18H19FN2O3/c1-12(22)20-10-13-2-4-15(5-3-13)18(24)21-11-17(23)14-6-8-16(19)9-7-14/h2-9,17,23H,10-11H2,1H3,(H,20,22)(H,21,24). The fourth-order valence-corrected chi connectivity index (χ4v) is 2.09. The Labute approximate surface area is 139 Å². The number of carbonyl (C=O) groups excluding carboxylic acids is 2. The predicted octanol–water partition coefficient (Wildman–Crippen LogP) is 1.93. The third-order valence-electron chi connectivity index (χ3n) is 3.47. The fraction of sp³-hybridized carbons (Fsp3) is 0.222. The zero-order valence-electron chi connectivity index (χ0n) is 13.3. The maximum absolute atomic E-state index is 12.8. The van der Waals surface area contributed by atoms with E-state index in [0.29, 0.717) is 17.7 Å². The molecule has 24 heavy (non-hydrogen) atoms. The molecule has 0 saturated heterocycles. The lowest BCUT2D eigenvalue weighted by atomic mass is 10.1. The Morgan fingerprint density at radius 3 is 2.25 bits per heavy atom. The first-order valence-electron chi connectivity index (χ1n) is 7.51. The summed E-state index contributed by atoms with van der Waals surface area (Å²) in [6.45, 7) is 1.87. The van der Waals surface area contributed by atoms with Crippen molar-refractivity contribution < 1.29 is 19.1 Å². The Balaban J connectivity index is 1.87. The number of halogens is 1. The van der Waals surface area contributed by atoms with Gasteiger partial charge in [-0.3, -0.25) is 9.59 Å². The summed E-state index contributed by atoms with van der Waals surface area (Å²) in [6.07, 6.45) is -0.909. The van der Waals surface area contributed by atoms with Gasteiger partial charge in [-0.25, -0.2) is 4.39 Å². The molecule has 2 aromatic rings. The highest BCUT2D eigenvalue weighted by Crippen LogP contribution is 2.13. The minimum atomic E-state index is -0.909. The molecule has 6 heteroatoms. The summed E-state index contributed by atoms with van der Waals surface area (Å²) in [7, 11) is 0. The highest BCUT2D eigenvalue weighted by Gasteiger charge is 2.11. The Morgan fingerprint density at radius 2 is 1.67 bits per heavy atom. The molecule has 0 bridgehead atoms. The second-order valence-electron chi connectivity index (χ2n) is 5.38. The first-order chi connectivity index (χ1) is 11.5. The smallest absolute Gasteiger partial charge is 0.251 e. The average Bonchev–Trinajstić information content (AvgIpc) is 2.58. The van der Waals surface area contributed by atoms with Crippen LogP contribution in [0.3, 0.4) is 0 Å². The zero-order valence-corrected chi connectivity index (χ0v) is 13.3. The van der Waals surface area contributed by atoms with Crippen molar-refractivity contribution in [3.63, 3.8) is 0 Å². The van der Waals surface area contributed by atoms with Gasteiger partial charge >= 0.3 is 0 Å². The van der Waals surface area contributed by atoms with E-state index < -0.39 is 6.10 Å². The molecule has 0 aromatic heterocycles. The van der Waals surface area contributed by atoms with Crippen LogP contribution in [0, 0.1) is 5.82 Å². The lowest BCUT2D eigenvalue weighted by molar-refractivity contribution is -0.119. The fourth-order valence-electron chi connectivity index (χ4n) is 2.09. The van der Waals surface area contributed by atoms with Crippen LogP contribution in [0.2, 0.25) is 0 Å². The molecule has 0 radical (unpaired) electrons. The number of aliphatic hydroxyl groups is 1. The van der Waals surface area contributed by atoms with Crippen molar-refractivity contribution in [3.05, 3.63) is 71.0 Å². The van der Waals surface area contributed by atoms with Crippen molar-refractivity contribution >= 4 is 11.8 Å². The van der Waals surface area contributed by atoms with Gasteiger partial charge in [0.25, 0.3) is 5.91 Å². The summed E-state index contributed by atoms with van der Waals surface area (Å²) < 4.78 is 12.8. The van der Waals surface area contributed by atoms with E-state index in [0.717, 1.165) is 5.56 Å². The molecule has 0 aliphatic rings. The molecule has 0 aliphatic heterocycles. The van der Waals surface area contributed by atoms with Crippen molar-refractivity contribution in [1.82, 2.24) is 10.6 Å². The molecule has 2 amide bonds. The second-order valence-corrected chi connectivity index (χ2v) is 5.38. The minimum Gasteiger partial charge on any atom is -0.387 e. The van der Waals surface area contributed by atoms with Crippen LogP contribution in [0.5, 0.6) is 0 Å². The number of rotatable bonds is 6. The Hall–Kier alpha value is -2.73. The van der Waals surface area contributed by atoms with Crippen LogP contribution >= 0.6 is 0 Å². The van der Waals surface area contributed by atoms with E-state index in [1.807, 2.05) is 0 Å². The van der Waals surface area contributed by atoms with E-state index in [4.69, 9.17) is 0 Å². The molecule has 0 aliphatic carbocycles. The highest BCUT2D eigenvalue weighted by molar-refractivity contribution is 5.94. The average molecular weight is 330 g/mol. The molecule has 2 rings (SSSR count). The van der Waals surface area contributed by atoms with Crippen molar-refractivity contribution in [2.24, 2.45) is 0 Å². The van der Waals surface area contributed by atoms with Crippen LogP contribution in [-0.4, -0.2) is 23.5 Å². The minimum absolute atomic E-state index is 0.0259. The SMILES string of the molecule is CC(=O)NCc1ccc(C(=O)NCC(O)c2ccc(F)cc2)cc1. The van der Waals surface area contributed by atoms with E-state index >= 15 is 0 Å². The summed E-state index contributed by atoms with van der Waals surface area (Å²) >= 11 is 0. The van der Waals surface area contributed by atoms with Gasteiger partial charge in [-0.1, -0.05) is 24.3 Å².